The Kier molecular flexibility index (Phi) is 3.66. The molecule has 0 unspecified atom stereocenters. The number of aliphatic hydroxyl groups is 1. The largest absolute Gasteiger partial charge is 0.392 e. The average molecular weight is 252 g/mol. The Labute approximate surface area is 105 Å². The van der Waals surface area contributed by atoms with E-state index in [-0.39, 0.29) is 6.61 Å². The van der Waals surface area contributed by atoms with Crippen LogP contribution in [0, 0.1) is 0 Å². The van der Waals surface area contributed by atoms with Crippen molar-refractivity contribution in [2.24, 2.45) is 7.05 Å². The number of anilines is 1. The molecule has 90 valence electrons. The number of imidazole rings is 1. The number of hydrogen-bond acceptors (Lipinski definition) is 3. The van der Waals surface area contributed by atoms with Gasteiger partial charge in [0.1, 0.15) is 11.0 Å². The minimum atomic E-state index is 0.0454. The molecule has 0 atom stereocenters. The second-order valence-electron chi connectivity index (χ2n) is 3.77. The van der Waals surface area contributed by atoms with Crippen LogP contribution in [0.25, 0.3) is 0 Å². The topological polar surface area (TPSA) is 50.1 Å². The lowest BCUT2D eigenvalue weighted by Gasteiger charge is -2.07. The second kappa shape index (κ2) is 5.21. The van der Waals surface area contributed by atoms with E-state index in [4.69, 9.17) is 16.7 Å². The van der Waals surface area contributed by atoms with Gasteiger partial charge in [-0.2, -0.15) is 0 Å². The highest BCUT2D eigenvalue weighted by Crippen LogP contribution is 2.13. The Bertz CT molecular complexity index is 510. The van der Waals surface area contributed by atoms with Crippen LogP contribution >= 0.6 is 11.6 Å². The highest BCUT2D eigenvalue weighted by Gasteiger charge is 2.03. The first-order valence-electron chi connectivity index (χ1n) is 5.30. The summed E-state index contributed by atoms with van der Waals surface area (Å²) in [5.41, 5.74) is 1.84. The van der Waals surface area contributed by atoms with Crippen molar-refractivity contribution in [2.45, 2.75) is 13.2 Å². The van der Waals surface area contributed by atoms with E-state index < -0.39 is 0 Å². The molecule has 0 fully saturated rings. The molecule has 0 saturated heterocycles. The van der Waals surface area contributed by atoms with Crippen molar-refractivity contribution >= 4 is 17.3 Å². The molecular formula is C12H14ClN3O. The molecule has 1 aromatic carbocycles. The first-order chi connectivity index (χ1) is 8.20. The molecule has 0 aliphatic rings. The standard InChI is InChI=1S/C12H14ClN3O/c1-16-11(13)6-15-12(16)7-14-10-4-2-3-9(5-10)8-17/h2-6,14,17H,7-8H2,1H3. The molecular weight excluding hydrogens is 238 g/mol. The third kappa shape index (κ3) is 2.78. The molecule has 17 heavy (non-hydrogen) atoms. The van der Waals surface area contributed by atoms with E-state index in [2.05, 4.69) is 10.3 Å². The van der Waals surface area contributed by atoms with Gasteiger partial charge in [0.05, 0.1) is 19.3 Å². The lowest BCUT2D eigenvalue weighted by atomic mass is 10.2. The van der Waals surface area contributed by atoms with E-state index in [1.807, 2.05) is 35.9 Å². The SMILES string of the molecule is Cn1c(Cl)cnc1CNc1cccc(CO)c1. The number of halogens is 1. The van der Waals surface area contributed by atoms with E-state index in [0.717, 1.165) is 17.1 Å². The van der Waals surface area contributed by atoms with Gasteiger partial charge in [0, 0.05) is 12.7 Å². The first kappa shape index (κ1) is 12.0. The summed E-state index contributed by atoms with van der Waals surface area (Å²) in [5, 5.41) is 12.9. The Morgan fingerprint density at radius 1 is 1.47 bits per heavy atom. The van der Waals surface area contributed by atoms with Crippen LogP contribution in [-0.2, 0) is 20.2 Å². The molecule has 5 heteroatoms. The van der Waals surface area contributed by atoms with Gasteiger partial charge < -0.3 is 15.0 Å². The predicted octanol–water partition coefficient (Wildman–Crippen LogP) is 2.18. The van der Waals surface area contributed by atoms with Gasteiger partial charge in [-0.3, -0.25) is 0 Å². The van der Waals surface area contributed by atoms with Crippen LogP contribution in [0.5, 0.6) is 0 Å². The monoisotopic (exact) mass is 251 g/mol. The first-order valence-corrected chi connectivity index (χ1v) is 5.68. The van der Waals surface area contributed by atoms with E-state index in [1.165, 1.54) is 0 Å². The molecule has 0 amide bonds. The quantitative estimate of drug-likeness (QED) is 0.876. The van der Waals surface area contributed by atoms with Gasteiger partial charge in [0.2, 0.25) is 0 Å². The van der Waals surface area contributed by atoms with Crippen molar-refractivity contribution in [2.75, 3.05) is 5.32 Å². The maximum atomic E-state index is 9.03. The fourth-order valence-corrected chi connectivity index (χ4v) is 1.70. The van der Waals surface area contributed by atoms with Crippen molar-refractivity contribution in [1.29, 1.82) is 0 Å². The summed E-state index contributed by atoms with van der Waals surface area (Å²) in [5.74, 6) is 0.865. The molecule has 0 aliphatic heterocycles. The molecule has 0 spiro atoms. The number of nitrogens with zero attached hydrogens (tertiary/aromatic N) is 2. The van der Waals surface area contributed by atoms with Crippen LogP contribution in [0.15, 0.2) is 30.5 Å². The Balaban J connectivity index is 2.04. The molecule has 0 radical (unpaired) electrons. The van der Waals surface area contributed by atoms with E-state index in [1.54, 1.807) is 6.20 Å². The minimum absolute atomic E-state index is 0.0454. The molecule has 0 saturated carbocycles. The third-order valence-corrected chi connectivity index (χ3v) is 2.94. The zero-order valence-corrected chi connectivity index (χ0v) is 10.3. The molecule has 2 aromatic rings. The molecule has 0 aliphatic carbocycles. The van der Waals surface area contributed by atoms with Gasteiger partial charge in [0.15, 0.2) is 0 Å². The number of rotatable bonds is 4. The van der Waals surface area contributed by atoms with Crippen molar-refractivity contribution < 1.29 is 5.11 Å². The molecule has 2 rings (SSSR count). The Morgan fingerprint density at radius 2 is 2.29 bits per heavy atom. The maximum Gasteiger partial charge on any atom is 0.128 e. The van der Waals surface area contributed by atoms with Gasteiger partial charge in [-0.25, -0.2) is 4.98 Å². The second-order valence-corrected chi connectivity index (χ2v) is 4.16. The summed E-state index contributed by atoms with van der Waals surface area (Å²) in [6.45, 7) is 0.641. The number of aliphatic hydroxyl groups excluding tert-OH is 1. The zero-order valence-electron chi connectivity index (χ0n) is 9.52. The van der Waals surface area contributed by atoms with E-state index in [9.17, 15) is 0 Å². The molecule has 1 aromatic heterocycles. The zero-order chi connectivity index (χ0) is 12.3. The van der Waals surface area contributed by atoms with Crippen molar-refractivity contribution in [3.8, 4) is 0 Å². The maximum absolute atomic E-state index is 9.03. The van der Waals surface area contributed by atoms with Crippen LogP contribution in [0.2, 0.25) is 5.15 Å². The molecule has 0 bridgehead atoms. The lowest BCUT2D eigenvalue weighted by Crippen LogP contribution is -2.06. The van der Waals surface area contributed by atoms with Crippen LogP contribution < -0.4 is 5.32 Å². The number of hydrogen-bond donors (Lipinski definition) is 2. The molecule has 1 heterocycles. The van der Waals surface area contributed by atoms with E-state index >= 15 is 0 Å². The van der Waals surface area contributed by atoms with Gasteiger partial charge in [-0.15, -0.1) is 0 Å². The summed E-state index contributed by atoms with van der Waals surface area (Å²) >= 11 is 5.90. The summed E-state index contributed by atoms with van der Waals surface area (Å²) in [6, 6.07) is 7.64. The molecule has 2 N–H and O–H groups in total. The third-order valence-electron chi connectivity index (χ3n) is 2.59. The number of aromatic nitrogens is 2. The van der Waals surface area contributed by atoms with Gasteiger partial charge in [0.25, 0.3) is 0 Å². The van der Waals surface area contributed by atoms with Crippen LogP contribution in [-0.4, -0.2) is 14.7 Å². The van der Waals surface area contributed by atoms with E-state index in [0.29, 0.717) is 11.7 Å². The summed E-state index contributed by atoms with van der Waals surface area (Å²) in [4.78, 5) is 4.19. The lowest BCUT2D eigenvalue weighted by molar-refractivity contribution is 0.282. The van der Waals surface area contributed by atoms with Crippen molar-refractivity contribution in [3.05, 3.63) is 47.0 Å². The van der Waals surface area contributed by atoms with Crippen molar-refractivity contribution in [3.63, 3.8) is 0 Å². The summed E-state index contributed by atoms with van der Waals surface area (Å²) in [6.07, 6.45) is 1.63. The van der Waals surface area contributed by atoms with Gasteiger partial charge >= 0.3 is 0 Å². The Hall–Kier alpha value is -1.52. The number of nitrogens with one attached hydrogen (secondary N) is 1. The highest BCUT2D eigenvalue weighted by atomic mass is 35.5. The highest BCUT2D eigenvalue weighted by molar-refractivity contribution is 6.29. The number of benzene rings is 1. The van der Waals surface area contributed by atoms with Crippen LogP contribution in [0.3, 0.4) is 0 Å². The van der Waals surface area contributed by atoms with Gasteiger partial charge in [-0.1, -0.05) is 23.7 Å². The predicted molar refractivity (Wildman–Crippen MR) is 67.9 cm³/mol. The summed E-state index contributed by atoms with van der Waals surface area (Å²) in [7, 11) is 1.87. The Morgan fingerprint density at radius 3 is 2.94 bits per heavy atom. The van der Waals surface area contributed by atoms with Gasteiger partial charge in [-0.05, 0) is 17.7 Å². The smallest absolute Gasteiger partial charge is 0.128 e. The van der Waals surface area contributed by atoms with Crippen molar-refractivity contribution in [1.82, 2.24) is 9.55 Å². The summed E-state index contributed by atoms with van der Waals surface area (Å²) < 4.78 is 1.82. The minimum Gasteiger partial charge on any atom is -0.392 e. The molecule has 4 nitrogen and oxygen atoms in total. The van der Waals surface area contributed by atoms with Crippen LogP contribution in [0.1, 0.15) is 11.4 Å². The average Bonchev–Trinajstić information content (AvgIpc) is 2.68. The fraction of sp³-hybridized carbons (Fsp3) is 0.250. The normalized spacial score (nSPS) is 10.5. The van der Waals surface area contributed by atoms with Crippen LogP contribution in [0.4, 0.5) is 5.69 Å². The fourth-order valence-electron chi connectivity index (χ4n) is 1.55.